The lowest BCUT2D eigenvalue weighted by Gasteiger charge is -2.13. The molecule has 7 heteroatoms. The Balaban J connectivity index is 1.73. The number of benzene rings is 1. The summed E-state index contributed by atoms with van der Waals surface area (Å²) < 4.78 is 0. The second-order valence-corrected chi connectivity index (χ2v) is 7.08. The van der Waals surface area contributed by atoms with Gasteiger partial charge in [-0.1, -0.05) is 32.9 Å². The molecule has 0 saturated carbocycles. The van der Waals surface area contributed by atoms with E-state index in [2.05, 4.69) is 35.0 Å². The second-order valence-electron chi connectivity index (χ2n) is 7.08. The van der Waals surface area contributed by atoms with Gasteiger partial charge >= 0.3 is 0 Å². The molecule has 3 amide bonds. The van der Waals surface area contributed by atoms with Crippen LogP contribution in [-0.4, -0.2) is 22.7 Å². The molecular formula is C21H26N4O3. The maximum Gasteiger partial charge on any atom is 0.271 e. The fourth-order valence-corrected chi connectivity index (χ4v) is 2.62. The number of anilines is 1. The van der Waals surface area contributed by atoms with Crippen LogP contribution in [0.1, 0.15) is 55.5 Å². The van der Waals surface area contributed by atoms with Gasteiger partial charge in [0.1, 0.15) is 0 Å². The van der Waals surface area contributed by atoms with Gasteiger partial charge in [-0.05, 0) is 41.7 Å². The van der Waals surface area contributed by atoms with Crippen LogP contribution in [0.2, 0.25) is 0 Å². The molecule has 0 bridgehead atoms. The Bertz CT molecular complexity index is 804. The smallest absolute Gasteiger partial charge is 0.271 e. The van der Waals surface area contributed by atoms with Crippen LogP contribution in [-0.2, 0) is 9.59 Å². The van der Waals surface area contributed by atoms with Crippen molar-refractivity contribution in [2.75, 3.05) is 5.32 Å². The molecule has 0 radical (unpaired) electrons. The van der Waals surface area contributed by atoms with Crippen LogP contribution < -0.4 is 16.2 Å². The summed E-state index contributed by atoms with van der Waals surface area (Å²) in [5.74, 6) is -0.709. The van der Waals surface area contributed by atoms with Gasteiger partial charge in [0.2, 0.25) is 11.8 Å². The first-order chi connectivity index (χ1) is 13.3. The molecule has 7 nitrogen and oxygen atoms in total. The van der Waals surface area contributed by atoms with E-state index < -0.39 is 5.91 Å². The van der Waals surface area contributed by atoms with Crippen LogP contribution in [0.25, 0.3) is 0 Å². The lowest BCUT2D eigenvalue weighted by atomic mass is 10.0. The van der Waals surface area contributed by atoms with Crippen molar-refractivity contribution in [1.82, 2.24) is 15.8 Å². The minimum absolute atomic E-state index is 0.118. The summed E-state index contributed by atoms with van der Waals surface area (Å²) in [7, 11) is 0. The lowest BCUT2D eigenvalue weighted by Crippen LogP contribution is -2.42. The highest BCUT2D eigenvalue weighted by molar-refractivity contribution is 5.95. The topological polar surface area (TPSA) is 100 Å². The zero-order valence-electron chi connectivity index (χ0n) is 16.4. The minimum atomic E-state index is -0.448. The van der Waals surface area contributed by atoms with E-state index in [0.717, 1.165) is 5.69 Å². The number of carbonyl (C=O) groups is 3. The largest absolute Gasteiger partial charge is 0.326 e. The van der Waals surface area contributed by atoms with Crippen LogP contribution in [0.4, 0.5) is 5.69 Å². The van der Waals surface area contributed by atoms with E-state index in [1.54, 1.807) is 18.3 Å². The van der Waals surface area contributed by atoms with Crippen molar-refractivity contribution < 1.29 is 14.4 Å². The van der Waals surface area contributed by atoms with Crippen molar-refractivity contribution in [2.24, 2.45) is 5.92 Å². The van der Waals surface area contributed by atoms with Crippen LogP contribution in [0.3, 0.4) is 0 Å². The second kappa shape index (κ2) is 10.2. The number of hydrazine groups is 1. The number of carbonyl (C=O) groups excluding carboxylic acids is 3. The van der Waals surface area contributed by atoms with Gasteiger partial charge in [0, 0.05) is 30.9 Å². The van der Waals surface area contributed by atoms with Crippen molar-refractivity contribution in [3.63, 3.8) is 0 Å². The highest BCUT2D eigenvalue weighted by atomic mass is 16.2. The molecule has 148 valence electrons. The van der Waals surface area contributed by atoms with E-state index in [4.69, 9.17) is 0 Å². The monoisotopic (exact) mass is 382 g/mol. The van der Waals surface area contributed by atoms with E-state index in [9.17, 15) is 14.4 Å². The number of rotatable bonds is 7. The summed E-state index contributed by atoms with van der Waals surface area (Å²) in [5, 5.41) is 2.84. The molecule has 1 atom stereocenters. The first-order valence-electron chi connectivity index (χ1n) is 9.24. The fourth-order valence-electron chi connectivity index (χ4n) is 2.62. The van der Waals surface area contributed by atoms with Crippen molar-refractivity contribution in [3.8, 4) is 0 Å². The van der Waals surface area contributed by atoms with Gasteiger partial charge in [0.05, 0.1) is 5.56 Å². The van der Waals surface area contributed by atoms with Crippen molar-refractivity contribution in [1.29, 1.82) is 0 Å². The Morgan fingerprint density at radius 2 is 1.61 bits per heavy atom. The predicted octanol–water partition coefficient (Wildman–Crippen LogP) is 3.02. The van der Waals surface area contributed by atoms with E-state index in [1.807, 2.05) is 31.2 Å². The Morgan fingerprint density at radius 3 is 2.21 bits per heavy atom. The zero-order chi connectivity index (χ0) is 20.5. The van der Waals surface area contributed by atoms with Crippen LogP contribution >= 0.6 is 0 Å². The standard InChI is InChI=1S/C21H26N4O3/c1-14(2)16-6-8-18(9-7-16)23-19(26)11-15(3)12-20(27)24-25-21(28)17-5-4-10-22-13-17/h4-10,13-15H,11-12H2,1-3H3,(H,23,26)(H,24,27)(H,25,28). The SMILES string of the molecule is CC(CC(=O)NNC(=O)c1cccnc1)CC(=O)Nc1ccc(C(C)C)cc1. The summed E-state index contributed by atoms with van der Waals surface area (Å²) >= 11 is 0. The normalized spacial score (nSPS) is 11.6. The van der Waals surface area contributed by atoms with Crippen molar-refractivity contribution in [2.45, 2.75) is 39.5 Å². The molecule has 0 fully saturated rings. The number of nitrogens with zero attached hydrogens (tertiary/aromatic N) is 1. The molecular weight excluding hydrogens is 356 g/mol. The molecule has 1 heterocycles. The summed E-state index contributed by atoms with van der Waals surface area (Å²) in [6.07, 6.45) is 3.28. The number of nitrogens with one attached hydrogen (secondary N) is 3. The van der Waals surface area contributed by atoms with Crippen LogP contribution in [0, 0.1) is 5.92 Å². The van der Waals surface area contributed by atoms with E-state index >= 15 is 0 Å². The maximum absolute atomic E-state index is 12.2. The number of hydrogen-bond acceptors (Lipinski definition) is 4. The molecule has 28 heavy (non-hydrogen) atoms. The third kappa shape index (κ3) is 6.83. The van der Waals surface area contributed by atoms with E-state index in [1.165, 1.54) is 11.8 Å². The summed E-state index contributed by atoms with van der Waals surface area (Å²) in [4.78, 5) is 39.8. The first-order valence-corrected chi connectivity index (χ1v) is 9.24. The molecule has 0 aliphatic heterocycles. The molecule has 3 N–H and O–H groups in total. The molecule has 0 spiro atoms. The molecule has 0 aliphatic rings. The fraction of sp³-hybridized carbons (Fsp3) is 0.333. The number of aromatic nitrogens is 1. The summed E-state index contributed by atoms with van der Waals surface area (Å²) in [5.41, 5.74) is 6.97. The molecule has 2 aromatic rings. The molecule has 1 unspecified atom stereocenters. The van der Waals surface area contributed by atoms with Crippen molar-refractivity contribution >= 4 is 23.4 Å². The van der Waals surface area contributed by atoms with Gasteiger partial charge < -0.3 is 5.32 Å². The average Bonchev–Trinajstić information content (AvgIpc) is 2.67. The molecule has 2 rings (SSSR count). The van der Waals surface area contributed by atoms with E-state index in [0.29, 0.717) is 11.5 Å². The van der Waals surface area contributed by atoms with Crippen molar-refractivity contribution in [3.05, 3.63) is 59.9 Å². The predicted molar refractivity (Wildman–Crippen MR) is 107 cm³/mol. The quantitative estimate of drug-likeness (QED) is 0.641. The zero-order valence-corrected chi connectivity index (χ0v) is 16.4. The third-order valence-electron chi connectivity index (χ3n) is 4.17. The maximum atomic E-state index is 12.2. The minimum Gasteiger partial charge on any atom is -0.326 e. The number of amides is 3. The Hall–Kier alpha value is -3.22. The van der Waals surface area contributed by atoms with Gasteiger partial charge in [0.25, 0.3) is 5.91 Å². The Labute approximate surface area is 164 Å². The van der Waals surface area contributed by atoms with Crippen LogP contribution in [0.5, 0.6) is 0 Å². The van der Waals surface area contributed by atoms with Gasteiger partial charge in [-0.3, -0.25) is 30.2 Å². The van der Waals surface area contributed by atoms with Gasteiger partial charge in [0.15, 0.2) is 0 Å². The Morgan fingerprint density at radius 1 is 0.929 bits per heavy atom. The summed E-state index contributed by atoms with van der Waals surface area (Å²) in [6.45, 7) is 6.03. The lowest BCUT2D eigenvalue weighted by molar-refractivity contribution is -0.123. The third-order valence-corrected chi connectivity index (χ3v) is 4.17. The highest BCUT2D eigenvalue weighted by Gasteiger charge is 2.15. The van der Waals surface area contributed by atoms with Gasteiger partial charge in [-0.15, -0.1) is 0 Å². The van der Waals surface area contributed by atoms with Gasteiger partial charge in [-0.25, -0.2) is 0 Å². The first kappa shape index (κ1) is 21.1. The summed E-state index contributed by atoms with van der Waals surface area (Å²) in [6, 6.07) is 10.9. The number of hydrogen-bond donors (Lipinski definition) is 3. The average molecular weight is 382 g/mol. The Kier molecular flexibility index (Phi) is 7.68. The highest BCUT2D eigenvalue weighted by Crippen LogP contribution is 2.18. The molecule has 1 aromatic heterocycles. The van der Waals surface area contributed by atoms with Crippen LogP contribution in [0.15, 0.2) is 48.8 Å². The van der Waals surface area contributed by atoms with Gasteiger partial charge in [-0.2, -0.15) is 0 Å². The number of pyridine rings is 1. The molecule has 1 aromatic carbocycles. The molecule has 0 saturated heterocycles. The molecule has 0 aliphatic carbocycles. The van der Waals surface area contributed by atoms with E-state index in [-0.39, 0.29) is 30.6 Å².